The second kappa shape index (κ2) is 4.95. The van der Waals surface area contributed by atoms with E-state index in [1.54, 1.807) is 24.3 Å². The minimum atomic E-state index is -3.52. The molecule has 0 fully saturated rings. The maximum atomic E-state index is 11.3. The fourth-order valence-corrected chi connectivity index (χ4v) is 3.12. The Bertz CT molecular complexity index is 548. The van der Waals surface area contributed by atoms with Crippen LogP contribution in [0, 0.1) is 8.99 Å². The van der Waals surface area contributed by atoms with Gasteiger partial charge in [-0.05, 0) is 17.5 Å². The molecule has 0 aliphatic carbocycles. The van der Waals surface area contributed by atoms with Crippen LogP contribution in [0.2, 0.25) is 0 Å². The van der Waals surface area contributed by atoms with Crippen LogP contribution in [0.15, 0.2) is 29.3 Å². The van der Waals surface area contributed by atoms with Gasteiger partial charge in [-0.1, -0.05) is 32.9 Å². The molecule has 1 aromatic rings. The highest BCUT2D eigenvalue weighted by atomic mass is 127. The molecule has 0 spiro atoms. The molecular weight excluding hydrogens is 345 g/mol. The van der Waals surface area contributed by atoms with Crippen molar-refractivity contribution in [2.75, 3.05) is 6.61 Å². The first-order chi connectivity index (χ1) is 8.39. The second-order valence-corrected chi connectivity index (χ2v) is 7.73. The molecule has 1 atom stereocenters. The largest absolute Gasteiger partial charge is 0.475 e. The van der Waals surface area contributed by atoms with Gasteiger partial charge in [-0.3, -0.25) is 0 Å². The average molecular weight is 361 g/mol. The van der Waals surface area contributed by atoms with Crippen LogP contribution >= 0.6 is 19.8 Å². The summed E-state index contributed by atoms with van der Waals surface area (Å²) in [4.78, 5) is 4.51. The number of hydrogen-bond acceptors (Lipinski definition) is 4. The van der Waals surface area contributed by atoms with Gasteiger partial charge in [0, 0.05) is 0 Å². The first kappa shape index (κ1) is 13.5. The molecule has 2 rings (SSSR count). The third kappa shape index (κ3) is 2.71. The second-order valence-electron chi connectivity index (χ2n) is 5.32. The predicted molar refractivity (Wildman–Crippen MR) is 76.3 cm³/mol. The van der Waals surface area contributed by atoms with Crippen molar-refractivity contribution in [3.63, 3.8) is 0 Å². The van der Waals surface area contributed by atoms with Crippen molar-refractivity contribution in [1.82, 2.24) is 0 Å². The average Bonchev–Trinajstić information content (AvgIpc) is 2.77. The van der Waals surface area contributed by atoms with E-state index in [4.69, 9.17) is 4.74 Å². The molecule has 0 N–H and O–H groups in total. The summed E-state index contributed by atoms with van der Waals surface area (Å²) in [6.45, 7) is 6.80. The molecule has 1 aliphatic heterocycles. The highest BCUT2D eigenvalue weighted by molar-refractivity contribution is 14.2. The summed E-state index contributed by atoms with van der Waals surface area (Å²) >= 11 is -3.52. The van der Waals surface area contributed by atoms with Gasteiger partial charge in [-0.2, -0.15) is 0 Å². The molecular formula is C13H16INO3. The topological polar surface area (TPSA) is 55.7 Å². The van der Waals surface area contributed by atoms with Gasteiger partial charge < -0.3 is 4.74 Å². The summed E-state index contributed by atoms with van der Waals surface area (Å²) in [7, 11) is 0. The maximum absolute atomic E-state index is 11.3. The summed E-state index contributed by atoms with van der Waals surface area (Å²) in [5, 5.41) is 0. The fraction of sp³-hybridized carbons (Fsp3) is 0.462. The van der Waals surface area contributed by atoms with Crippen molar-refractivity contribution in [3.05, 3.63) is 33.4 Å². The molecule has 0 radical (unpaired) electrons. The lowest BCUT2D eigenvalue weighted by Gasteiger charge is -2.21. The van der Waals surface area contributed by atoms with E-state index in [0.717, 1.165) is 0 Å². The van der Waals surface area contributed by atoms with Crippen molar-refractivity contribution >= 4 is 25.7 Å². The number of nitrogens with zero attached hydrogens (tertiary/aromatic N) is 1. The van der Waals surface area contributed by atoms with Crippen molar-refractivity contribution < 1.29 is 10.9 Å². The number of halogens is 1. The number of rotatable bonds is 2. The zero-order valence-electron chi connectivity index (χ0n) is 10.6. The quantitative estimate of drug-likeness (QED) is 0.760. The van der Waals surface area contributed by atoms with Crippen molar-refractivity contribution in [1.29, 1.82) is 0 Å². The molecule has 0 aromatic heterocycles. The Hall–Kier alpha value is -0.980. The van der Waals surface area contributed by atoms with Gasteiger partial charge >= 0.3 is 19.8 Å². The lowest BCUT2D eigenvalue weighted by atomic mass is 9.88. The van der Waals surface area contributed by atoms with E-state index >= 15 is 0 Å². The van der Waals surface area contributed by atoms with Crippen LogP contribution in [0.4, 0.5) is 0 Å². The number of ether oxygens (including phenoxy) is 1. The Labute approximate surface area is 114 Å². The summed E-state index contributed by atoms with van der Waals surface area (Å²) in [5.41, 5.74) is 0.614. The maximum Gasteiger partial charge on any atom is 0.341 e. The minimum Gasteiger partial charge on any atom is -0.475 e. The van der Waals surface area contributed by atoms with Crippen LogP contribution in [-0.4, -0.2) is 18.5 Å². The summed E-state index contributed by atoms with van der Waals surface area (Å²) in [6, 6.07) is 6.95. The normalized spacial score (nSPS) is 19.8. The Kier molecular flexibility index (Phi) is 3.70. The molecule has 0 saturated heterocycles. The Morgan fingerprint density at radius 2 is 1.94 bits per heavy atom. The van der Waals surface area contributed by atoms with Gasteiger partial charge in [-0.25, -0.2) is 11.1 Å². The van der Waals surface area contributed by atoms with E-state index in [2.05, 4.69) is 25.8 Å². The molecule has 0 bridgehead atoms. The van der Waals surface area contributed by atoms with E-state index < -0.39 is 19.8 Å². The van der Waals surface area contributed by atoms with Crippen molar-refractivity contribution in [2.24, 2.45) is 10.4 Å². The van der Waals surface area contributed by atoms with Crippen molar-refractivity contribution in [2.45, 2.75) is 26.8 Å². The predicted octanol–water partition coefficient (Wildman–Crippen LogP) is 3.25. The van der Waals surface area contributed by atoms with E-state index in [-0.39, 0.29) is 11.5 Å². The zero-order chi connectivity index (χ0) is 13.3. The van der Waals surface area contributed by atoms with Crippen LogP contribution in [0.25, 0.3) is 0 Å². The molecule has 1 aromatic carbocycles. The smallest absolute Gasteiger partial charge is 0.341 e. The van der Waals surface area contributed by atoms with E-state index in [1.165, 1.54) is 0 Å². The third-order valence-corrected chi connectivity index (χ3v) is 4.81. The molecule has 98 valence electrons. The highest BCUT2D eigenvalue weighted by Gasteiger charge is 2.31. The molecule has 4 nitrogen and oxygen atoms in total. The SMILES string of the molecule is CC(C)(C)[C@H]1COC(c2ccccc2I(=O)=O)=N1. The molecule has 0 saturated carbocycles. The monoisotopic (exact) mass is 361 g/mol. The Morgan fingerprint density at radius 1 is 1.28 bits per heavy atom. The van der Waals surface area contributed by atoms with Crippen molar-refractivity contribution in [3.8, 4) is 0 Å². The highest BCUT2D eigenvalue weighted by Crippen LogP contribution is 2.29. The third-order valence-electron chi connectivity index (χ3n) is 2.92. The van der Waals surface area contributed by atoms with Gasteiger partial charge in [0.05, 0.1) is 15.2 Å². The van der Waals surface area contributed by atoms with E-state index in [9.17, 15) is 6.14 Å². The fourth-order valence-electron chi connectivity index (χ4n) is 1.73. The van der Waals surface area contributed by atoms with Gasteiger partial charge in [0.2, 0.25) is 5.90 Å². The molecule has 0 unspecified atom stereocenters. The molecule has 18 heavy (non-hydrogen) atoms. The summed E-state index contributed by atoms with van der Waals surface area (Å²) < 4.78 is 28.5. The van der Waals surface area contributed by atoms with Gasteiger partial charge in [-0.15, -0.1) is 0 Å². The molecule has 1 heterocycles. The lowest BCUT2D eigenvalue weighted by Crippen LogP contribution is -2.25. The Morgan fingerprint density at radius 3 is 2.50 bits per heavy atom. The zero-order valence-corrected chi connectivity index (χ0v) is 12.8. The summed E-state index contributed by atoms with van der Waals surface area (Å²) in [6.07, 6.45) is 0. The molecule has 5 heteroatoms. The summed E-state index contributed by atoms with van der Waals surface area (Å²) in [5.74, 6) is 0.458. The van der Waals surface area contributed by atoms with Crippen LogP contribution in [0.3, 0.4) is 0 Å². The Balaban J connectivity index is 2.40. The molecule has 0 amide bonds. The van der Waals surface area contributed by atoms with Gasteiger partial charge in [0.1, 0.15) is 6.61 Å². The van der Waals surface area contributed by atoms with Gasteiger partial charge in [0.25, 0.3) is 0 Å². The van der Waals surface area contributed by atoms with Crippen LogP contribution in [0.1, 0.15) is 26.3 Å². The first-order valence-corrected chi connectivity index (χ1v) is 8.59. The van der Waals surface area contributed by atoms with E-state index in [1.807, 2.05) is 0 Å². The number of aliphatic imine (C=N–C) groups is 1. The number of benzene rings is 1. The van der Waals surface area contributed by atoms with Crippen LogP contribution in [0.5, 0.6) is 0 Å². The number of hydrogen-bond donors (Lipinski definition) is 0. The van der Waals surface area contributed by atoms with Crippen LogP contribution in [-0.2, 0) is 10.9 Å². The molecule has 1 aliphatic rings. The van der Waals surface area contributed by atoms with E-state index in [0.29, 0.717) is 21.6 Å². The minimum absolute atomic E-state index is 0.0178. The lowest BCUT2D eigenvalue weighted by molar-refractivity contribution is 0.236. The van der Waals surface area contributed by atoms with Crippen LogP contribution < -0.4 is 0 Å². The van der Waals surface area contributed by atoms with Gasteiger partial charge in [0.15, 0.2) is 0 Å². The standard InChI is InChI=1S/C13H16INO3/c1-13(2,3)11-8-18-12(15-11)9-6-4-5-7-10(9)14(16)17/h4-7,11H,8H2,1-3H3/t11-/m1/s1. The first-order valence-electron chi connectivity index (χ1n) is 5.75.